The lowest BCUT2D eigenvalue weighted by molar-refractivity contribution is 0.311. The number of hydrogen-bond donors (Lipinski definition) is 2. The predicted molar refractivity (Wildman–Crippen MR) is 49.5 cm³/mol. The lowest BCUT2D eigenvalue weighted by Crippen LogP contribution is -2.27. The molecule has 70 valence electrons. The molecule has 0 atom stereocenters. The van der Waals surface area contributed by atoms with Crippen molar-refractivity contribution in [2.75, 3.05) is 31.4 Å². The highest BCUT2D eigenvalue weighted by Gasteiger charge is 1.97. The standard InChI is InChI=1S/C6H13Cl2N.H3NO/c1-2-9(5-3-7)6-4-8;1-2/h2-6H2,1H3;2H,1H2. The minimum atomic E-state index is 0.699. The largest absolute Gasteiger partial charge is 0.320 e. The molecule has 3 nitrogen and oxygen atoms in total. The van der Waals surface area contributed by atoms with Crippen molar-refractivity contribution in [3.63, 3.8) is 0 Å². The molecule has 0 saturated carbocycles. The summed E-state index contributed by atoms with van der Waals surface area (Å²) in [6, 6.07) is 0. The maximum atomic E-state index is 6.50. The van der Waals surface area contributed by atoms with E-state index in [0.29, 0.717) is 11.8 Å². The quantitative estimate of drug-likeness (QED) is 0.520. The van der Waals surface area contributed by atoms with E-state index >= 15 is 0 Å². The first-order valence-corrected chi connectivity index (χ1v) is 4.52. The minimum Gasteiger partial charge on any atom is -0.320 e. The van der Waals surface area contributed by atoms with E-state index in [1.54, 1.807) is 0 Å². The Hall–Kier alpha value is 0.460. The fourth-order valence-electron chi connectivity index (χ4n) is 0.667. The molecule has 0 rings (SSSR count). The maximum absolute atomic E-state index is 6.50. The average Bonchev–Trinajstić information content (AvgIpc) is 2.08. The van der Waals surface area contributed by atoms with Crippen molar-refractivity contribution >= 4 is 23.2 Å². The van der Waals surface area contributed by atoms with Crippen LogP contribution in [-0.2, 0) is 0 Å². The summed E-state index contributed by atoms with van der Waals surface area (Å²) < 4.78 is 0. The Kier molecular flexibility index (Phi) is 16.7. The first-order chi connectivity index (χ1) is 5.35. The van der Waals surface area contributed by atoms with Crippen LogP contribution in [0.5, 0.6) is 0 Å². The summed E-state index contributed by atoms with van der Waals surface area (Å²) in [4.78, 5) is 2.22. The van der Waals surface area contributed by atoms with Crippen LogP contribution in [0.1, 0.15) is 6.92 Å². The molecule has 0 aromatic heterocycles. The van der Waals surface area contributed by atoms with Crippen molar-refractivity contribution in [1.29, 1.82) is 0 Å². The van der Waals surface area contributed by atoms with Gasteiger partial charge in [-0.2, -0.15) is 0 Å². The first kappa shape index (κ1) is 14.0. The van der Waals surface area contributed by atoms with Crippen LogP contribution in [0.15, 0.2) is 0 Å². The molecule has 0 bridgehead atoms. The van der Waals surface area contributed by atoms with Gasteiger partial charge < -0.3 is 10.1 Å². The second-order valence-corrected chi connectivity index (χ2v) is 2.57. The minimum absolute atomic E-state index is 0.699. The molecule has 0 fully saturated rings. The van der Waals surface area contributed by atoms with E-state index in [9.17, 15) is 0 Å². The van der Waals surface area contributed by atoms with Crippen LogP contribution in [0, 0.1) is 0 Å². The number of rotatable bonds is 5. The molecule has 0 aromatic carbocycles. The highest BCUT2D eigenvalue weighted by Crippen LogP contribution is 1.89. The fourth-order valence-corrected chi connectivity index (χ4v) is 1.15. The fraction of sp³-hybridized carbons (Fsp3) is 1.00. The zero-order chi connectivity index (χ0) is 9.11. The number of halogens is 2. The van der Waals surface area contributed by atoms with Gasteiger partial charge in [-0.15, -0.1) is 23.2 Å². The monoisotopic (exact) mass is 202 g/mol. The molecular formula is C6H16Cl2N2O. The number of hydrogen-bond acceptors (Lipinski definition) is 3. The van der Waals surface area contributed by atoms with Crippen molar-refractivity contribution in [2.45, 2.75) is 6.92 Å². The molecule has 11 heavy (non-hydrogen) atoms. The predicted octanol–water partition coefficient (Wildman–Crippen LogP) is 1.12. The van der Waals surface area contributed by atoms with Crippen molar-refractivity contribution in [3.05, 3.63) is 0 Å². The van der Waals surface area contributed by atoms with Gasteiger partial charge in [-0.3, -0.25) is 0 Å². The highest BCUT2D eigenvalue weighted by molar-refractivity contribution is 6.18. The summed E-state index contributed by atoms with van der Waals surface area (Å²) in [6.45, 7) is 5.05. The molecule has 3 N–H and O–H groups in total. The second-order valence-electron chi connectivity index (χ2n) is 1.81. The third kappa shape index (κ3) is 10.5. The molecule has 0 aliphatic heterocycles. The smallest absolute Gasteiger partial charge is 0.0351 e. The Labute approximate surface area is 78.0 Å². The Morgan fingerprint density at radius 1 is 1.18 bits per heavy atom. The van der Waals surface area contributed by atoms with Gasteiger partial charge in [-0.05, 0) is 6.54 Å². The zero-order valence-corrected chi connectivity index (χ0v) is 8.28. The van der Waals surface area contributed by atoms with E-state index in [1.165, 1.54) is 0 Å². The molecule has 0 radical (unpaired) electrons. The summed E-state index contributed by atoms with van der Waals surface area (Å²) in [5, 5.41) is 6.50. The van der Waals surface area contributed by atoms with Crippen LogP contribution in [0.3, 0.4) is 0 Å². The van der Waals surface area contributed by atoms with Gasteiger partial charge in [-0.1, -0.05) is 6.92 Å². The van der Waals surface area contributed by atoms with E-state index in [4.69, 9.17) is 28.4 Å². The topological polar surface area (TPSA) is 49.5 Å². The van der Waals surface area contributed by atoms with Crippen molar-refractivity contribution in [2.24, 2.45) is 5.90 Å². The molecule has 0 saturated heterocycles. The molecular weight excluding hydrogens is 187 g/mol. The normalized spacial score (nSPS) is 9.27. The summed E-state index contributed by atoms with van der Waals surface area (Å²) >= 11 is 11.1. The summed E-state index contributed by atoms with van der Waals surface area (Å²) in [5.74, 6) is 4.90. The molecule has 0 aliphatic carbocycles. The van der Waals surface area contributed by atoms with Gasteiger partial charge in [0.25, 0.3) is 0 Å². The van der Waals surface area contributed by atoms with Gasteiger partial charge in [-0.25, -0.2) is 5.90 Å². The lowest BCUT2D eigenvalue weighted by Gasteiger charge is -2.16. The van der Waals surface area contributed by atoms with Gasteiger partial charge in [0.1, 0.15) is 0 Å². The van der Waals surface area contributed by atoms with Gasteiger partial charge in [0, 0.05) is 24.8 Å². The van der Waals surface area contributed by atoms with Crippen molar-refractivity contribution in [3.8, 4) is 0 Å². The highest BCUT2D eigenvalue weighted by atomic mass is 35.5. The van der Waals surface area contributed by atoms with Crippen LogP contribution in [0.25, 0.3) is 0 Å². The van der Waals surface area contributed by atoms with Gasteiger partial charge in [0.15, 0.2) is 0 Å². The zero-order valence-electron chi connectivity index (χ0n) is 6.76. The van der Waals surface area contributed by atoms with Crippen LogP contribution >= 0.6 is 23.2 Å². The summed E-state index contributed by atoms with van der Waals surface area (Å²) in [6.07, 6.45) is 0. The van der Waals surface area contributed by atoms with Crippen LogP contribution in [0.4, 0.5) is 0 Å². The molecule has 0 heterocycles. The molecule has 0 spiro atoms. The van der Waals surface area contributed by atoms with Crippen molar-refractivity contribution in [1.82, 2.24) is 4.90 Å². The molecule has 0 unspecified atom stereocenters. The third-order valence-electron chi connectivity index (χ3n) is 1.25. The van der Waals surface area contributed by atoms with Crippen LogP contribution in [-0.4, -0.2) is 41.5 Å². The van der Waals surface area contributed by atoms with E-state index in [2.05, 4.69) is 17.7 Å². The molecule has 5 heteroatoms. The van der Waals surface area contributed by atoms with E-state index < -0.39 is 0 Å². The molecule has 0 aliphatic rings. The molecule has 0 aromatic rings. The Balaban J connectivity index is 0. The maximum Gasteiger partial charge on any atom is 0.0351 e. The second kappa shape index (κ2) is 13.1. The van der Waals surface area contributed by atoms with Gasteiger partial charge in [0.2, 0.25) is 0 Å². The molecule has 0 amide bonds. The number of alkyl halides is 2. The number of nitrogens with zero attached hydrogens (tertiary/aromatic N) is 1. The summed E-state index contributed by atoms with van der Waals surface area (Å²) in [7, 11) is 0. The van der Waals surface area contributed by atoms with E-state index in [1.807, 2.05) is 0 Å². The van der Waals surface area contributed by atoms with Crippen LogP contribution in [0.2, 0.25) is 0 Å². The lowest BCUT2D eigenvalue weighted by atomic mass is 10.5. The Morgan fingerprint density at radius 2 is 1.55 bits per heavy atom. The Bertz CT molecular complexity index is 60.5. The van der Waals surface area contributed by atoms with Crippen molar-refractivity contribution < 1.29 is 5.21 Å². The summed E-state index contributed by atoms with van der Waals surface area (Å²) in [5.41, 5.74) is 0. The van der Waals surface area contributed by atoms with Gasteiger partial charge >= 0.3 is 0 Å². The average molecular weight is 203 g/mol. The SMILES string of the molecule is CCN(CCCl)CCCl.NO. The van der Waals surface area contributed by atoms with E-state index in [-0.39, 0.29) is 0 Å². The first-order valence-electron chi connectivity index (χ1n) is 3.45. The Morgan fingerprint density at radius 3 is 1.73 bits per heavy atom. The van der Waals surface area contributed by atoms with Crippen LogP contribution < -0.4 is 5.90 Å². The van der Waals surface area contributed by atoms with Gasteiger partial charge in [0.05, 0.1) is 0 Å². The van der Waals surface area contributed by atoms with E-state index in [0.717, 1.165) is 19.6 Å². The third-order valence-corrected chi connectivity index (χ3v) is 1.59. The number of nitrogens with two attached hydrogens (primary N) is 1.